The van der Waals surface area contributed by atoms with E-state index in [-0.39, 0.29) is 6.17 Å². The monoisotopic (exact) mass is 368 g/mol. The third-order valence-electron chi connectivity index (χ3n) is 4.71. The van der Waals surface area contributed by atoms with Gasteiger partial charge in [-0.15, -0.1) is 0 Å². The standard InChI is InChI=1S/C20H28N6O/c1-7-26-14(4)19(13(3)25-26)16-11-15(8-9-17(16)27-6)23-20-22-12(2)10-18(21-5)24-20/h8-11,18,21H,7H2,1-6H3,(H2,22,23,24). The van der Waals surface area contributed by atoms with Gasteiger partial charge in [0, 0.05) is 34.8 Å². The minimum absolute atomic E-state index is 0.0509. The summed E-state index contributed by atoms with van der Waals surface area (Å²) < 4.78 is 7.64. The van der Waals surface area contributed by atoms with E-state index >= 15 is 0 Å². The van der Waals surface area contributed by atoms with Gasteiger partial charge in [0.25, 0.3) is 0 Å². The Morgan fingerprint density at radius 1 is 1.26 bits per heavy atom. The van der Waals surface area contributed by atoms with E-state index in [0.29, 0.717) is 5.96 Å². The Morgan fingerprint density at radius 2 is 2.04 bits per heavy atom. The normalized spacial score (nSPS) is 16.4. The molecule has 1 aliphatic heterocycles. The maximum atomic E-state index is 5.62. The van der Waals surface area contributed by atoms with Gasteiger partial charge in [-0.25, -0.2) is 4.99 Å². The van der Waals surface area contributed by atoms with Crippen molar-refractivity contribution < 1.29 is 4.74 Å². The number of allylic oxidation sites excluding steroid dienone is 1. The highest BCUT2D eigenvalue weighted by atomic mass is 16.5. The van der Waals surface area contributed by atoms with Crippen LogP contribution in [0.5, 0.6) is 5.75 Å². The van der Waals surface area contributed by atoms with Crippen molar-refractivity contribution in [1.29, 1.82) is 0 Å². The summed E-state index contributed by atoms with van der Waals surface area (Å²) in [7, 11) is 3.60. The zero-order valence-corrected chi connectivity index (χ0v) is 16.8. The van der Waals surface area contributed by atoms with Crippen molar-refractivity contribution in [3.8, 4) is 16.9 Å². The molecule has 1 atom stereocenters. The van der Waals surface area contributed by atoms with Crippen molar-refractivity contribution in [1.82, 2.24) is 20.4 Å². The van der Waals surface area contributed by atoms with Crippen molar-refractivity contribution in [3.05, 3.63) is 41.4 Å². The number of hydrogen-bond donors (Lipinski definition) is 3. The number of aromatic nitrogens is 2. The molecule has 7 heteroatoms. The van der Waals surface area contributed by atoms with Crippen LogP contribution < -0.4 is 20.7 Å². The Bertz CT molecular complexity index is 896. The molecule has 144 valence electrons. The lowest BCUT2D eigenvalue weighted by molar-refractivity contribution is 0.416. The molecule has 27 heavy (non-hydrogen) atoms. The van der Waals surface area contributed by atoms with E-state index in [4.69, 9.17) is 4.74 Å². The molecule has 0 saturated carbocycles. The van der Waals surface area contributed by atoms with Crippen LogP contribution in [0.1, 0.15) is 25.2 Å². The number of hydrogen-bond acceptors (Lipinski definition) is 6. The highest BCUT2D eigenvalue weighted by molar-refractivity contribution is 5.96. The predicted molar refractivity (Wildman–Crippen MR) is 110 cm³/mol. The zero-order valence-electron chi connectivity index (χ0n) is 16.8. The van der Waals surface area contributed by atoms with Crippen LogP contribution in [0.3, 0.4) is 0 Å². The molecule has 1 aromatic heterocycles. The fraction of sp³-hybridized carbons (Fsp3) is 0.400. The highest BCUT2D eigenvalue weighted by Gasteiger charge is 2.18. The molecule has 1 aromatic carbocycles. The van der Waals surface area contributed by atoms with E-state index in [2.05, 4.69) is 46.0 Å². The summed E-state index contributed by atoms with van der Waals surface area (Å²) in [5.41, 5.74) is 6.15. The summed E-state index contributed by atoms with van der Waals surface area (Å²) in [6.45, 7) is 9.05. The molecule has 0 bridgehead atoms. The minimum atomic E-state index is 0.0509. The van der Waals surface area contributed by atoms with Gasteiger partial charge >= 0.3 is 0 Å². The van der Waals surface area contributed by atoms with Gasteiger partial charge in [0.15, 0.2) is 0 Å². The van der Waals surface area contributed by atoms with Crippen molar-refractivity contribution in [2.45, 2.75) is 40.4 Å². The molecule has 3 rings (SSSR count). The summed E-state index contributed by atoms with van der Waals surface area (Å²) in [4.78, 5) is 4.54. The molecule has 2 heterocycles. The van der Waals surface area contributed by atoms with Crippen molar-refractivity contribution in [2.24, 2.45) is 4.99 Å². The molecule has 0 radical (unpaired) electrons. The second kappa shape index (κ2) is 7.84. The summed E-state index contributed by atoms with van der Waals surface area (Å²) in [5.74, 6) is 1.54. The van der Waals surface area contributed by atoms with Crippen molar-refractivity contribution in [3.63, 3.8) is 0 Å². The van der Waals surface area contributed by atoms with E-state index in [1.165, 1.54) is 0 Å². The number of likely N-dealkylation sites (N-methyl/N-ethyl adjacent to an activating group) is 1. The maximum Gasteiger partial charge on any atom is 0.202 e. The minimum Gasteiger partial charge on any atom is -0.496 e. The van der Waals surface area contributed by atoms with Crippen LogP contribution in [0, 0.1) is 13.8 Å². The number of rotatable bonds is 5. The molecule has 0 aliphatic carbocycles. The molecule has 2 aromatic rings. The molecule has 0 fully saturated rings. The number of ether oxygens (including phenoxy) is 1. The van der Waals surface area contributed by atoms with E-state index in [0.717, 1.165) is 46.2 Å². The molecule has 0 amide bonds. The lowest BCUT2D eigenvalue weighted by Crippen LogP contribution is -2.47. The quantitative estimate of drug-likeness (QED) is 0.756. The van der Waals surface area contributed by atoms with E-state index in [1.807, 2.05) is 43.8 Å². The van der Waals surface area contributed by atoms with Crippen molar-refractivity contribution in [2.75, 3.05) is 19.5 Å². The SMILES string of the molecule is CCn1nc(C)c(-c2cc(NC3=NC(C)=CC(NC)N3)ccc2OC)c1C. The van der Waals surface area contributed by atoms with Gasteiger partial charge in [-0.05, 0) is 59.0 Å². The Hall–Kier alpha value is -2.80. The lowest BCUT2D eigenvalue weighted by atomic mass is 10.0. The number of nitrogens with zero attached hydrogens (tertiary/aromatic N) is 3. The van der Waals surface area contributed by atoms with Crippen LogP contribution >= 0.6 is 0 Å². The number of nitrogens with one attached hydrogen (secondary N) is 3. The van der Waals surface area contributed by atoms with Gasteiger partial charge in [0.1, 0.15) is 11.9 Å². The number of guanidine groups is 1. The van der Waals surface area contributed by atoms with Crippen LogP contribution in [-0.4, -0.2) is 36.1 Å². The fourth-order valence-corrected chi connectivity index (χ4v) is 3.41. The van der Waals surface area contributed by atoms with Gasteiger partial charge in [-0.2, -0.15) is 5.10 Å². The van der Waals surface area contributed by atoms with E-state index < -0.39 is 0 Å². The van der Waals surface area contributed by atoms with Gasteiger partial charge in [0.05, 0.1) is 12.8 Å². The van der Waals surface area contributed by atoms with E-state index in [1.54, 1.807) is 7.11 Å². The maximum absolute atomic E-state index is 5.62. The average molecular weight is 368 g/mol. The Balaban J connectivity index is 1.98. The van der Waals surface area contributed by atoms with Crippen LogP contribution in [0.25, 0.3) is 11.1 Å². The molecular formula is C20H28N6O. The number of aryl methyl sites for hydroxylation is 2. The van der Waals surface area contributed by atoms with Crippen molar-refractivity contribution >= 4 is 11.6 Å². The fourth-order valence-electron chi connectivity index (χ4n) is 3.41. The number of aliphatic imine (C=N–C) groups is 1. The molecule has 1 unspecified atom stereocenters. The molecule has 0 spiro atoms. The molecular weight excluding hydrogens is 340 g/mol. The Kier molecular flexibility index (Phi) is 5.51. The first-order valence-corrected chi connectivity index (χ1v) is 9.17. The number of anilines is 1. The van der Waals surface area contributed by atoms with Gasteiger partial charge in [-0.3, -0.25) is 10.00 Å². The van der Waals surface area contributed by atoms with E-state index in [9.17, 15) is 0 Å². The lowest BCUT2D eigenvalue weighted by Gasteiger charge is -2.23. The topological polar surface area (TPSA) is 75.5 Å². The highest BCUT2D eigenvalue weighted by Crippen LogP contribution is 2.36. The van der Waals surface area contributed by atoms with Crippen LogP contribution in [-0.2, 0) is 6.54 Å². The summed E-state index contributed by atoms with van der Waals surface area (Å²) in [6.07, 6.45) is 2.09. The van der Waals surface area contributed by atoms with Gasteiger partial charge in [0.2, 0.25) is 5.96 Å². The summed E-state index contributed by atoms with van der Waals surface area (Å²) in [5, 5.41) is 14.5. The largest absolute Gasteiger partial charge is 0.496 e. The summed E-state index contributed by atoms with van der Waals surface area (Å²) in [6, 6.07) is 6.05. The first-order chi connectivity index (χ1) is 13.0. The molecule has 0 saturated heterocycles. The summed E-state index contributed by atoms with van der Waals surface area (Å²) >= 11 is 0. The predicted octanol–water partition coefficient (Wildman–Crippen LogP) is 3.02. The van der Waals surface area contributed by atoms with Crippen LogP contribution in [0.4, 0.5) is 5.69 Å². The molecule has 7 nitrogen and oxygen atoms in total. The second-order valence-electron chi connectivity index (χ2n) is 6.58. The van der Waals surface area contributed by atoms with Crippen LogP contribution in [0.15, 0.2) is 35.0 Å². The third kappa shape index (κ3) is 3.83. The zero-order chi connectivity index (χ0) is 19.6. The first-order valence-electron chi connectivity index (χ1n) is 9.17. The molecule has 1 aliphatic rings. The number of methoxy groups -OCH3 is 1. The van der Waals surface area contributed by atoms with Gasteiger partial charge < -0.3 is 15.4 Å². The third-order valence-corrected chi connectivity index (χ3v) is 4.71. The Morgan fingerprint density at radius 3 is 2.67 bits per heavy atom. The van der Waals surface area contributed by atoms with Crippen LogP contribution in [0.2, 0.25) is 0 Å². The first kappa shape index (κ1) is 19.0. The smallest absolute Gasteiger partial charge is 0.202 e. The molecule has 3 N–H and O–H groups in total. The van der Waals surface area contributed by atoms with Gasteiger partial charge in [-0.1, -0.05) is 0 Å². The number of benzene rings is 1. The average Bonchev–Trinajstić information content (AvgIpc) is 2.94. The Labute approximate surface area is 160 Å². The second-order valence-corrected chi connectivity index (χ2v) is 6.58.